The Bertz CT molecular complexity index is 1500. The highest BCUT2D eigenvalue weighted by Crippen LogP contribution is 2.38. The number of ether oxygens (including phenoxy) is 1. The standard InChI is InChI=1S/C25H25N5O6S2/c26-10-22-18(24-17-4-2-1-3-14(17)5-6-35-24)9-21(37-22)23(32)19-11-28-13-29-25(19)30-16-7-15(20(31)8-16)12-36-38(27,33)34/h1-4,9,11,13,15-16,20,24,31H,5-8,12H2,(H2,27,33,34)(H,28,29,30)/t15-,16-,20+,24-/m1/s1. The van der Waals surface area contributed by atoms with E-state index in [0.29, 0.717) is 34.8 Å². The second-order valence-electron chi connectivity index (χ2n) is 9.24. The van der Waals surface area contributed by atoms with Crippen LogP contribution in [-0.2, 0) is 25.6 Å². The Balaban J connectivity index is 1.37. The molecule has 0 spiro atoms. The van der Waals surface area contributed by atoms with Gasteiger partial charge in [-0.3, -0.25) is 8.98 Å². The molecular formula is C25H25N5O6S2. The number of thiophene rings is 1. The molecule has 2 aliphatic rings. The van der Waals surface area contributed by atoms with E-state index in [4.69, 9.17) is 9.88 Å². The Kier molecular flexibility index (Phi) is 7.53. The van der Waals surface area contributed by atoms with Gasteiger partial charge in [0.2, 0.25) is 5.78 Å². The van der Waals surface area contributed by atoms with Gasteiger partial charge in [-0.25, -0.2) is 15.1 Å². The van der Waals surface area contributed by atoms with Crippen LogP contribution in [0.5, 0.6) is 0 Å². The fraction of sp³-hybridized carbons (Fsp3) is 0.360. The van der Waals surface area contributed by atoms with Gasteiger partial charge in [0.1, 0.15) is 29.2 Å². The lowest BCUT2D eigenvalue weighted by Crippen LogP contribution is -2.24. The molecule has 1 fully saturated rings. The summed E-state index contributed by atoms with van der Waals surface area (Å²) in [7, 11) is -4.12. The molecule has 0 unspecified atom stereocenters. The molecule has 3 heterocycles. The maximum Gasteiger partial charge on any atom is 0.333 e. The first-order chi connectivity index (χ1) is 18.2. The lowest BCUT2D eigenvalue weighted by atomic mass is 9.93. The molecule has 3 aromatic rings. The molecule has 0 bridgehead atoms. The predicted octanol–water partition coefficient (Wildman–Crippen LogP) is 2.07. The molecular weight excluding hydrogens is 530 g/mol. The van der Waals surface area contributed by atoms with Crippen molar-refractivity contribution < 1.29 is 27.2 Å². The van der Waals surface area contributed by atoms with Crippen molar-refractivity contribution in [1.82, 2.24) is 9.97 Å². The van der Waals surface area contributed by atoms with Crippen molar-refractivity contribution in [2.75, 3.05) is 18.5 Å². The monoisotopic (exact) mass is 555 g/mol. The van der Waals surface area contributed by atoms with E-state index in [2.05, 4.69) is 25.5 Å². The van der Waals surface area contributed by atoms with Gasteiger partial charge in [-0.1, -0.05) is 24.3 Å². The van der Waals surface area contributed by atoms with Crippen molar-refractivity contribution in [2.24, 2.45) is 11.1 Å². The zero-order chi connectivity index (χ0) is 26.9. The van der Waals surface area contributed by atoms with Crippen LogP contribution in [0.2, 0.25) is 0 Å². The first-order valence-corrected chi connectivity index (χ1v) is 14.2. The molecule has 1 aliphatic carbocycles. The van der Waals surface area contributed by atoms with E-state index in [1.807, 2.05) is 24.3 Å². The third kappa shape index (κ3) is 5.60. The highest BCUT2D eigenvalue weighted by atomic mass is 32.2. The average molecular weight is 556 g/mol. The summed E-state index contributed by atoms with van der Waals surface area (Å²) in [4.78, 5) is 22.6. The number of aliphatic hydroxyl groups excluding tert-OH is 1. The summed E-state index contributed by atoms with van der Waals surface area (Å²) in [6.07, 6.45) is 2.93. The molecule has 38 heavy (non-hydrogen) atoms. The largest absolute Gasteiger partial charge is 0.393 e. The van der Waals surface area contributed by atoms with Crippen LogP contribution >= 0.6 is 11.3 Å². The predicted molar refractivity (Wildman–Crippen MR) is 138 cm³/mol. The smallest absolute Gasteiger partial charge is 0.333 e. The van der Waals surface area contributed by atoms with Gasteiger partial charge in [-0.15, -0.1) is 11.3 Å². The van der Waals surface area contributed by atoms with Crippen LogP contribution in [0.1, 0.15) is 55.7 Å². The van der Waals surface area contributed by atoms with E-state index >= 15 is 0 Å². The number of aromatic nitrogens is 2. The Morgan fingerprint density at radius 3 is 2.92 bits per heavy atom. The van der Waals surface area contributed by atoms with E-state index in [9.17, 15) is 23.6 Å². The summed E-state index contributed by atoms with van der Waals surface area (Å²) in [6, 6.07) is 11.5. The highest BCUT2D eigenvalue weighted by molar-refractivity contribution is 7.84. The number of nitrogens with one attached hydrogen (secondary N) is 1. The minimum absolute atomic E-state index is 0.216. The van der Waals surface area contributed by atoms with E-state index in [1.54, 1.807) is 6.07 Å². The summed E-state index contributed by atoms with van der Waals surface area (Å²) >= 11 is 1.09. The zero-order valence-corrected chi connectivity index (χ0v) is 21.7. The maximum absolute atomic E-state index is 13.6. The zero-order valence-electron chi connectivity index (χ0n) is 20.1. The Morgan fingerprint density at radius 2 is 2.13 bits per heavy atom. The Hall–Kier alpha value is -3.25. The summed E-state index contributed by atoms with van der Waals surface area (Å²) in [6.45, 7) is 0.276. The van der Waals surface area contributed by atoms with Gasteiger partial charge in [0, 0.05) is 23.7 Å². The second kappa shape index (κ2) is 10.9. The molecule has 5 rings (SSSR count). The van der Waals surface area contributed by atoms with E-state index < -0.39 is 28.4 Å². The fourth-order valence-electron chi connectivity index (χ4n) is 4.97. The van der Waals surface area contributed by atoms with Crippen molar-refractivity contribution >= 4 is 33.2 Å². The van der Waals surface area contributed by atoms with Crippen molar-refractivity contribution in [3.8, 4) is 6.07 Å². The molecule has 198 valence electrons. The van der Waals surface area contributed by atoms with E-state index in [1.165, 1.54) is 12.5 Å². The average Bonchev–Trinajstić information content (AvgIpc) is 3.49. The minimum atomic E-state index is -4.12. The third-order valence-electron chi connectivity index (χ3n) is 6.76. The van der Waals surface area contributed by atoms with Crippen molar-refractivity contribution in [3.63, 3.8) is 0 Å². The van der Waals surface area contributed by atoms with Gasteiger partial charge in [0.05, 0.1) is 29.8 Å². The molecule has 1 saturated carbocycles. The second-order valence-corrected chi connectivity index (χ2v) is 11.5. The summed E-state index contributed by atoms with van der Waals surface area (Å²) in [5.41, 5.74) is 3.00. The number of hydrogen-bond donors (Lipinski definition) is 3. The van der Waals surface area contributed by atoms with Crippen LogP contribution in [0.15, 0.2) is 42.9 Å². The number of anilines is 1. The van der Waals surface area contributed by atoms with Gasteiger partial charge in [0.15, 0.2) is 0 Å². The molecule has 1 aliphatic heterocycles. The molecule has 0 saturated heterocycles. The molecule has 1 aromatic carbocycles. The molecule has 0 amide bonds. The third-order valence-corrected chi connectivity index (χ3v) is 8.28. The van der Waals surface area contributed by atoms with Crippen LogP contribution in [-0.4, -0.2) is 54.6 Å². The highest BCUT2D eigenvalue weighted by Gasteiger charge is 2.35. The van der Waals surface area contributed by atoms with Crippen LogP contribution in [0, 0.1) is 17.2 Å². The number of nitriles is 1. The van der Waals surface area contributed by atoms with Gasteiger partial charge in [-0.2, -0.15) is 13.7 Å². The molecule has 4 atom stereocenters. The number of nitrogens with zero attached hydrogens (tertiary/aromatic N) is 3. The Morgan fingerprint density at radius 1 is 1.32 bits per heavy atom. The number of fused-ring (bicyclic) bond motifs is 1. The van der Waals surface area contributed by atoms with Crippen LogP contribution in [0.4, 0.5) is 5.82 Å². The lowest BCUT2D eigenvalue weighted by molar-refractivity contribution is 0.0699. The Labute approximate surface area is 223 Å². The number of hydrogen-bond acceptors (Lipinski definition) is 11. The number of carbonyl (C=O) groups is 1. The molecule has 13 heteroatoms. The van der Waals surface area contributed by atoms with Crippen molar-refractivity contribution in [3.05, 3.63) is 74.9 Å². The molecule has 0 radical (unpaired) electrons. The van der Waals surface area contributed by atoms with Crippen LogP contribution in [0.3, 0.4) is 0 Å². The van der Waals surface area contributed by atoms with Gasteiger partial charge in [0.25, 0.3) is 0 Å². The molecule has 2 aromatic heterocycles. The lowest BCUT2D eigenvalue weighted by Gasteiger charge is -2.25. The quantitative estimate of drug-likeness (QED) is 0.349. The number of ketones is 1. The number of benzene rings is 1. The first-order valence-electron chi connectivity index (χ1n) is 11.9. The summed E-state index contributed by atoms with van der Waals surface area (Å²) in [5, 5.41) is 28.2. The SMILES string of the molecule is N#Cc1sc(C(=O)c2cncnc2N[C@@H]2C[C@H](COS(N)(=O)=O)[C@@H](O)C2)cc1[C@@H]1OCCc2ccccc21. The van der Waals surface area contributed by atoms with Crippen molar-refractivity contribution in [2.45, 2.75) is 37.5 Å². The van der Waals surface area contributed by atoms with E-state index in [-0.39, 0.29) is 29.8 Å². The normalized spacial score (nSPS) is 23.0. The number of carbonyl (C=O) groups excluding carboxylic acids is 1. The first kappa shape index (κ1) is 26.4. The topological polar surface area (TPSA) is 178 Å². The summed E-state index contributed by atoms with van der Waals surface area (Å²) in [5.74, 6) is -0.524. The van der Waals surface area contributed by atoms with Crippen LogP contribution < -0.4 is 10.5 Å². The molecule has 4 N–H and O–H groups in total. The van der Waals surface area contributed by atoms with Gasteiger partial charge < -0.3 is 15.2 Å². The van der Waals surface area contributed by atoms with Gasteiger partial charge >= 0.3 is 10.3 Å². The maximum atomic E-state index is 13.6. The minimum Gasteiger partial charge on any atom is -0.393 e. The fourth-order valence-corrected chi connectivity index (χ4v) is 6.27. The van der Waals surface area contributed by atoms with Crippen LogP contribution in [0.25, 0.3) is 0 Å². The van der Waals surface area contributed by atoms with Crippen molar-refractivity contribution in [1.29, 1.82) is 5.26 Å². The van der Waals surface area contributed by atoms with E-state index in [0.717, 1.165) is 28.9 Å². The number of rotatable bonds is 8. The number of nitrogens with two attached hydrogens (primary N) is 1. The number of aliphatic hydroxyl groups is 1. The summed E-state index contributed by atoms with van der Waals surface area (Å²) < 4.78 is 32.9. The molecule has 11 nitrogen and oxygen atoms in total. The van der Waals surface area contributed by atoms with Gasteiger partial charge in [-0.05, 0) is 36.5 Å².